The maximum atomic E-state index is 11.5. The third-order valence-corrected chi connectivity index (χ3v) is 9.42. The van der Waals surface area contributed by atoms with Crippen LogP contribution in [0.15, 0.2) is 164 Å². The lowest BCUT2D eigenvalue weighted by molar-refractivity contribution is 0.475. The highest BCUT2D eigenvalue weighted by Gasteiger charge is 2.21. The van der Waals surface area contributed by atoms with Crippen molar-refractivity contribution in [2.45, 2.75) is 19.8 Å². The molecule has 0 saturated heterocycles. The fourth-order valence-corrected chi connectivity index (χ4v) is 6.75. The lowest BCUT2D eigenvalue weighted by Crippen LogP contribution is -1.99. The van der Waals surface area contributed by atoms with Gasteiger partial charge in [-0.1, -0.05) is 122 Å². The fraction of sp³-hybridized carbons (Fsp3) is 0.0667. The molecule has 1 N–H and O–H groups in total. The Kier molecular flexibility index (Phi) is 7.83. The number of phenols is 1. The van der Waals surface area contributed by atoms with Crippen LogP contribution in [0.2, 0.25) is 0 Å². The number of aryl methyl sites for hydroxylation is 1. The molecule has 6 aromatic carbocycles. The van der Waals surface area contributed by atoms with E-state index in [1.165, 1.54) is 16.7 Å². The molecule has 0 amide bonds. The molecule has 0 aliphatic heterocycles. The number of hydrogen-bond acceptors (Lipinski definition) is 3. The van der Waals surface area contributed by atoms with Crippen LogP contribution >= 0.6 is 0 Å². The molecule has 4 heteroatoms. The minimum atomic E-state index is 0.139. The molecule has 8 aromatic rings. The normalized spacial score (nSPS) is 11.9. The molecule has 0 spiro atoms. The summed E-state index contributed by atoms with van der Waals surface area (Å²) in [6, 6.07) is 54.0. The van der Waals surface area contributed by atoms with Gasteiger partial charge in [-0.3, -0.25) is 9.55 Å². The maximum absolute atomic E-state index is 11.5. The van der Waals surface area contributed by atoms with Crippen molar-refractivity contribution in [1.29, 1.82) is 0 Å². The lowest BCUT2D eigenvalue weighted by atomic mass is 9.92. The Balaban J connectivity index is 1.25. The number of hydrogen-bond donors (Lipinski definition) is 1. The van der Waals surface area contributed by atoms with Gasteiger partial charge >= 0.3 is 0 Å². The second-order valence-corrected chi connectivity index (χ2v) is 12.5. The predicted octanol–water partition coefficient (Wildman–Crippen LogP) is 11.3. The number of imidazole rings is 1. The number of pyridine rings is 1. The molecule has 49 heavy (non-hydrogen) atoms. The summed E-state index contributed by atoms with van der Waals surface area (Å²) >= 11 is 0. The molecule has 4 nitrogen and oxygen atoms in total. The van der Waals surface area contributed by atoms with E-state index in [9.17, 15) is 5.11 Å². The van der Waals surface area contributed by atoms with Crippen molar-refractivity contribution in [2.24, 2.45) is 0 Å². The number of para-hydroxylation sites is 2. The highest BCUT2D eigenvalue weighted by Crippen LogP contribution is 2.39. The zero-order valence-corrected chi connectivity index (χ0v) is 27.5. The van der Waals surface area contributed by atoms with Crippen LogP contribution in [0.3, 0.4) is 0 Å². The number of fused-ring (bicyclic) bond motifs is 1. The summed E-state index contributed by atoms with van der Waals surface area (Å²) in [7, 11) is 0. The smallest absolute Gasteiger partial charge is 0.149 e. The standard InChI is InChI=1S/C45H35N3O/c1-30-29-46-41(28-40(30)33-16-8-4-9-17-33)36-19-12-18-35(26-36)38-22-13-23-42-44(38)47-45(48(42)37-20-10-5-11-21-37)39-25-24-34(27-43(39)49)31(2)32-14-6-3-7-15-32/h3-29,31,49H,1-2H3. The topological polar surface area (TPSA) is 50.9 Å². The zero-order valence-electron chi connectivity index (χ0n) is 27.5. The van der Waals surface area contributed by atoms with Crippen molar-refractivity contribution in [3.05, 3.63) is 181 Å². The lowest BCUT2D eigenvalue weighted by Gasteiger charge is -2.15. The average molecular weight is 634 g/mol. The van der Waals surface area contributed by atoms with Crippen molar-refractivity contribution >= 4 is 11.0 Å². The molecule has 0 fully saturated rings. The SMILES string of the molecule is Cc1cnc(-c2cccc(-c3cccc4c3nc(-c3ccc(C(C)c5ccccc5)cc3O)n4-c3ccccc3)c2)cc1-c1ccccc1. The number of aromatic hydroxyl groups is 1. The molecule has 0 aliphatic rings. The molecule has 0 saturated carbocycles. The molecule has 236 valence electrons. The molecular weight excluding hydrogens is 599 g/mol. The van der Waals surface area contributed by atoms with Gasteiger partial charge in [-0.15, -0.1) is 0 Å². The van der Waals surface area contributed by atoms with Gasteiger partial charge in [-0.05, 0) is 82.8 Å². The summed E-state index contributed by atoms with van der Waals surface area (Å²) in [5.41, 5.74) is 13.2. The van der Waals surface area contributed by atoms with Gasteiger partial charge in [0, 0.05) is 28.9 Å². The predicted molar refractivity (Wildman–Crippen MR) is 201 cm³/mol. The largest absolute Gasteiger partial charge is 0.507 e. The van der Waals surface area contributed by atoms with E-state index in [-0.39, 0.29) is 11.7 Å². The summed E-state index contributed by atoms with van der Waals surface area (Å²) in [5, 5.41) is 11.5. The minimum absolute atomic E-state index is 0.139. The van der Waals surface area contributed by atoms with E-state index < -0.39 is 0 Å². The van der Waals surface area contributed by atoms with E-state index in [4.69, 9.17) is 9.97 Å². The van der Waals surface area contributed by atoms with E-state index >= 15 is 0 Å². The molecule has 1 atom stereocenters. The van der Waals surface area contributed by atoms with Gasteiger partial charge in [0.2, 0.25) is 0 Å². The van der Waals surface area contributed by atoms with Crippen molar-refractivity contribution in [1.82, 2.24) is 14.5 Å². The molecular formula is C45H35N3O. The van der Waals surface area contributed by atoms with E-state index in [1.54, 1.807) is 0 Å². The van der Waals surface area contributed by atoms with Gasteiger partial charge in [0.15, 0.2) is 0 Å². The van der Waals surface area contributed by atoms with Gasteiger partial charge in [0.25, 0.3) is 0 Å². The molecule has 0 aliphatic carbocycles. The number of nitrogens with zero attached hydrogens (tertiary/aromatic N) is 3. The molecule has 8 rings (SSSR count). The minimum Gasteiger partial charge on any atom is -0.507 e. The second kappa shape index (κ2) is 12.7. The van der Waals surface area contributed by atoms with Crippen LogP contribution in [-0.4, -0.2) is 19.6 Å². The zero-order chi connectivity index (χ0) is 33.3. The molecule has 2 aromatic heterocycles. The van der Waals surface area contributed by atoms with Crippen LogP contribution in [0.5, 0.6) is 5.75 Å². The van der Waals surface area contributed by atoms with Crippen molar-refractivity contribution in [3.8, 4) is 56.3 Å². The Hall–Kier alpha value is -6.26. The molecule has 2 heterocycles. The highest BCUT2D eigenvalue weighted by molar-refractivity contribution is 5.96. The fourth-order valence-electron chi connectivity index (χ4n) is 6.75. The first-order valence-corrected chi connectivity index (χ1v) is 16.6. The van der Waals surface area contributed by atoms with Crippen LogP contribution in [-0.2, 0) is 0 Å². The third kappa shape index (κ3) is 5.68. The first-order valence-electron chi connectivity index (χ1n) is 16.6. The Morgan fingerprint density at radius 3 is 2.00 bits per heavy atom. The van der Waals surface area contributed by atoms with Crippen molar-refractivity contribution in [2.75, 3.05) is 0 Å². The van der Waals surface area contributed by atoms with Crippen LogP contribution in [0, 0.1) is 6.92 Å². The van der Waals surface area contributed by atoms with Gasteiger partial charge < -0.3 is 5.11 Å². The Bertz CT molecular complexity index is 2410. The second-order valence-electron chi connectivity index (χ2n) is 12.5. The first-order chi connectivity index (χ1) is 24.0. The van der Waals surface area contributed by atoms with E-state index in [0.29, 0.717) is 11.4 Å². The quantitative estimate of drug-likeness (QED) is 0.190. The van der Waals surface area contributed by atoms with E-state index in [2.05, 4.69) is 134 Å². The molecule has 1 unspecified atom stereocenters. The number of rotatable bonds is 7. The first kappa shape index (κ1) is 30.1. The summed E-state index contributed by atoms with van der Waals surface area (Å²) < 4.78 is 2.14. The average Bonchev–Trinajstić information content (AvgIpc) is 3.55. The summed E-state index contributed by atoms with van der Waals surface area (Å²) in [6.45, 7) is 4.27. The maximum Gasteiger partial charge on any atom is 0.149 e. The third-order valence-electron chi connectivity index (χ3n) is 9.42. The van der Waals surface area contributed by atoms with Crippen molar-refractivity contribution < 1.29 is 5.11 Å². The van der Waals surface area contributed by atoms with Crippen LogP contribution in [0.1, 0.15) is 29.5 Å². The Labute approximate surface area is 286 Å². The van der Waals surface area contributed by atoms with E-state index in [1.807, 2.05) is 48.7 Å². The van der Waals surface area contributed by atoms with E-state index in [0.717, 1.165) is 50.2 Å². The van der Waals surface area contributed by atoms with Crippen molar-refractivity contribution in [3.63, 3.8) is 0 Å². The van der Waals surface area contributed by atoms with Crippen LogP contribution < -0.4 is 0 Å². The molecule has 0 radical (unpaired) electrons. The van der Waals surface area contributed by atoms with Gasteiger partial charge in [0.1, 0.15) is 11.6 Å². The molecule has 0 bridgehead atoms. The summed E-state index contributed by atoms with van der Waals surface area (Å²) in [5.74, 6) is 1.03. The van der Waals surface area contributed by atoms with Gasteiger partial charge in [-0.2, -0.15) is 0 Å². The highest BCUT2D eigenvalue weighted by atomic mass is 16.3. The Morgan fingerprint density at radius 2 is 1.24 bits per heavy atom. The Morgan fingerprint density at radius 1 is 0.571 bits per heavy atom. The number of aromatic nitrogens is 3. The number of benzene rings is 6. The van der Waals surface area contributed by atoms with Gasteiger partial charge in [-0.25, -0.2) is 4.98 Å². The number of phenolic OH excluding ortho intramolecular Hbond substituents is 1. The van der Waals surface area contributed by atoms with Gasteiger partial charge in [0.05, 0.1) is 22.3 Å². The monoisotopic (exact) mass is 633 g/mol. The van der Waals surface area contributed by atoms with Crippen LogP contribution in [0.4, 0.5) is 0 Å². The summed E-state index contributed by atoms with van der Waals surface area (Å²) in [4.78, 5) is 10.1. The van der Waals surface area contributed by atoms with Crippen LogP contribution in [0.25, 0.3) is 61.6 Å². The summed E-state index contributed by atoms with van der Waals surface area (Å²) in [6.07, 6.45) is 1.96.